The van der Waals surface area contributed by atoms with Crippen molar-refractivity contribution < 1.29 is 19.0 Å². The molecule has 0 saturated carbocycles. The minimum atomic E-state index is -0.158. The van der Waals surface area contributed by atoms with E-state index in [1.54, 1.807) is 19.1 Å². The van der Waals surface area contributed by atoms with Crippen LogP contribution in [0.2, 0.25) is 0 Å². The highest BCUT2D eigenvalue weighted by Crippen LogP contribution is 2.31. The van der Waals surface area contributed by atoms with Crippen molar-refractivity contribution in [1.82, 2.24) is 4.90 Å². The van der Waals surface area contributed by atoms with Crippen molar-refractivity contribution in [3.8, 4) is 17.2 Å². The Morgan fingerprint density at radius 1 is 1.27 bits per heavy atom. The number of ether oxygens (including phenoxy) is 3. The molecule has 1 amide bonds. The van der Waals surface area contributed by atoms with Gasteiger partial charge in [-0.15, -0.1) is 0 Å². The van der Waals surface area contributed by atoms with Crippen molar-refractivity contribution in [3.63, 3.8) is 0 Å². The van der Waals surface area contributed by atoms with Gasteiger partial charge in [-0.05, 0) is 52.2 Å². The summed E-state index contributed by atoms with van der Waals surface area (Å²) in [5, 5.41) is 0. The molecule has 1 aliphatic rings. The molecule has 26 heavy (non-hydrogen) atoms. The Bertz CT molecular complexity index is 780. The van der Waals surface area contributed by atoms with Crippen LogP contribution in [0.15, 0.2) is 46.9 Å². The van der Waals surface area contributed by atoms with Crippen LogP contribution in [0.1, 0.15) is 12.0 Å². The van der Waals surface area contributed by atoms with Crippen LogP contribution in [-0.4, -0.2) is 44.2 Å². The number of hydrogen-bond acceptors (Lipinski definition) is 4. The molecule has 0 N–H and O–H groups in total. The van der Waals surface area contributed by atoms with Crippen LogP contribution in [-0.2, 0) is 11.2 Å². The molecule has 1 aliphatic heterocycles. The maximum absolute atomic E-state index is 12.4. The molecule has 6 heteroatoms. The van der Waals surface area contributed by atoms with Crippen LogP contribution in [0.4, 0.5) is 0 Å². The molecule has 0 fully saturated rings. The van der Waals surface area contributed by atoms with Crippen molar-refractivity contribution in [1.29, 1.82) is 0 Å². The van der Waals surface area contributed by atoms with Crippen LogP contribution in [0, 0.1) is 0 Å². The van der Waals surface area contributed by atoms with Gasteiger partial charge in [0.2, 0.25) is 5.91 Å². The maximum Gasteiger partial charge on any atom is 0.222 e. The number of para-hydroxylation sites is 2. The molecule has 1 atom stereocenters. The molecule has 0 bridgehead atoms. The molecule has 5 nitrogen and oxygen atoms in total. The third-order valence-electron chi connectivity index (χ3n) is 4.31. The summed E-state index contributed by atoms with van der Waals surface area (Å²) in [6.45, 7) is 0.944. The smallest absolute Gasteiger partial charge is 0.222 e. The van der Waals surface area contributed by atoms with E-state index in [4.69, 9.17) is 14.2 Å². The van der Waals surface area contributed by atoms with Gasteiger partial charge >= 0.3 is 0 Å². The molecule has 0 unspecified atom stereocenters. The standard InChI is InChI=1S/C20H22BrNO4/c1-22(12-15-13-25-18-5-3-4-6-19(18)26-15)20(23)10-8-14-7-9-17(24-2)16(21)11-14/h3-7,9,11,15H,8,10,12-13H2,1-2H3/t15-/m0/s1. The van der Waals surface area contributed by atoms with E-state index in [2.05, 4.69) is 15.9 Å². The number of fused-ring (bicyclic) bond motifs is 1. The zero-order chi connectivity index (χ0) is 18.5. The quantitative estimate of drug-likeness (QED) is 0.716. The van der Waals surface area contributed by atoms with E-state index < -0.39 is 0 Å². The summed E-state index contributed by atoms with van der Waals surface area (Å²) < 4.78 is 17.7. The van der Waals surface area contributed by atoms with Gasteiger partial charge in [-0.2, -0.15) is 0 Å². The van der Waals surface area contributed by atoms with Gasteiger partial charge in [-0.1, -0.05) is 18.2 Å². The normalized spacial score (nSPS) is 15.4. The van der Waals surface area contributed by atoms with Gasteiger partial charge in [0.25, 0.3) is 0 Å². The Labute approximate surface area is 162 Å². The molecule has 2 aromatic carbocycles. The lowest BCUT2D eigenvalue weighted by Gasteiger charge is -2.29. The average Bonchev–Trinajstić information content (AvgIpc) is 2.66. The number of benzene rings is 2. The minimum Gasteiger partial charge on any atom is -0.496 e. The summed E-state index contributed by atoms with van der Waals surface area (Å²) in [6.07, 6.45) is 0.963. The summed E-state index contributed by atoms with van der Waals surface area (Å²) in [6, 6.07) is 13.5. The first kappa shape index (κ1) is 18.6. The maximum atomic E-state index is 12.4. The Balaban J connectivity index is 1.50. The van der Waals surface area contributed by atoms with E-state index in [1.807, 2.05) is 42.5 Å². The van der Waals surface area contributed by atoms with Crippen molar-refractivity contribution >= 4 is 21.8 Å². The molecule has 0 aromatic heterocycles. The van der Waals surface area contributed by atoms with Gasteiger partial charge in [0.15, 0.2) is 17.6 Å². The number of carbonyl (C=O) groups is 1. The number of carbonyl (C=O) groups excluding carboxylic acids is 1. The Hall–Kier alpha value is -2.21. The van der Waals surface area contributed by atoms with E-state index >= 15 is 0 Å². The summed E-state index contributed by atoms with van der Waals surface area (Å²) in [5.74, 6) is 2.35. The summed E-state index contributed by atoms with van der Waals surface area (Å²) in [5.41, 5.74) is 1.09. The number of halogens is 1. The molecule has 3 rings (SSSR count). The fourth-order valence-electron chi connectivity index (χ4n) is 2.87. The van der Waals surface area contributed by atoms with Crippen molar-refractivity contribution in [2.45, 2.75) is 18.9 Å². The van der Waals surface area contributed by atoms with Crippen molar-refractivity contribution in [2.24, 2.45) is 0 Å². The van der Waals surface area contributed by atoms with Gasteiger partial charge in [0.1, 0.15) is 12.4 Å². The fourth-order valence-corrected chi connectivity index (χ4v) is 3.46. The lowest BCUT2D eigenvalue weighted by atomic mass is 10.1. The molecule has 2 aromatic rings. The Morgan fingerprint density at radius 3 is 2.77 bits per heavy atom. The van der Waals surface area contributed by atoms with Crippen LogP contribution in [0.5, 0.6) is 17.2 Å². The second-order valence-corrected chi connectivity index (χ2v) is 7.10. The van der Waals surface area contributed by atoms with Crippen molar-refractivity contribution in [3.05, 3.63) is 52.5 Å². The zero-order valence-corrected chi connectivity index (χ0v) is 16.5. The molecule has 138 valence electrons. The highest BCUT2D eigenvalue weighted by atomic mass is 79.9. The van der Waals surface area contributed by atoms with Crippen LogP contribution >= 0.6 is 15.9 Å². The highest BCUT2D eigenvalue weighted by Gasteiger charge is 2.23. The van der Waals surface area contributed by atoms with Gasteiger partial charge in [0.05, 0.1) is 18.1 Å². The first-order chi connectivity index (χ1) is 12.6. The number of aryl methyl sites for hydroxylation is 1. The first-order valence-electron chi connectivity index (χ1n) is 8.51. The summed E-state index contributed by atoms with van der Waals surface area (Å²) >= 11 is 3.47. The molecule has 0 saturated heterocycles. The van der Waals surface area contributed by atoms with E-state index in [0.717, 1.165) is 27.3 Å². The number of rotatable bonds is 6. The van der Waals surface area contributed by atoms with Crippen LogP contribution in [0.25, 0.3) is 0 Å². The van der Waals surface area contributed by atoms with Crippen LogP contribution < -0.4 is 14.2 Å². The first-order valence-corrected chi connectivity index (χ1v) is 9.31. The predicted octanol–water partition coefficient (Wildman–Crippen LogP) is 3.69. The molecule has 1 heterocycles. The van der Waals surface area contributed by atoms with Gasteiger partial charge in [-0.25, -0.2) is 0 Å². The largest absolute Gasteiger partial charge is 0.496 e. The number of likely N-dealkylation sites (N-methyl/N-ethyl adjacent to an activating group) is 1. The number of nitrogens with zero attached hydrogens (tertiary/aromatic N) is 1. The second-order valence-electron chi connectivity index (χ2n) is 6.24. The van der Waals surface area contributed by atoms with Gasteiger partial charge < -0.3 is 19.1 Å². The average molecular weight is 420 g/mol. The topological polar surface area (TPSA) is 48.0 Å². The lowest BCUT2D eigenvalue weighted by molar-refractivity contribution is -0.131. The Morgan fingerprint density at radius 2 is 2.04 bits per heavy atom. The van der Waals surface area contributed by atoms with E-state index in [0.29, 0.717) is 26.0 Å². The van der Waals surface area contributed by atoms with E-state index in [-0.39, 0.29) is 12.0 Å². The zero-order valence-electron chi connectivity index (χ0n) is 14.9. The monoisotopic (exact) mass is 419 g/mol. The summed E-state index contributed by atoms with van der Waals surface area (Å²) in [4.78, 5) is 14.1. The third kappa shape index (κ3) is 4.49. The van der Waals surface area contributed by atoms with E-state index in [9.17, 15) is 4.79 Å². The molecular formula is C20H22BrNO4. The number of amides is 1. The number of methoxy groups -OCH3 is 1. The molecule has 0 radical (unpaired) electrons. The van der Waals surface area contributed by atoms with Crippen LogP contribution in [0.3, 0.4) is 0 Å². The summed E-state index contributed by atoms with van der Waals surface area (Å²) in [7, 11) is 3.43. The minimum absolute atomic E-state index is 0.0828. The highest BCUT2D eigenvalue weighted by molar-refractivity contribution is 9.10. The molecule has 0 spiro atoms. The van der Waals surface area contributed by atoms with E-state index in [1.165, 1.54) is 0 Å². The lowest BCUT2D eigenvalue weighted by Crippen LogP contribution is -2.41. The predicted molar refractivity (Wildman–Crippen MR) is 103 cm³/mol. The second kappa shape index (κ2) is 8.45. The molecule has 0 aliphatic carbocycles. The third-order valence-corrected chi connectivity index (χ3v) is 4.93. The van der Waals surface area contributed by atoms with Gasteiger partial charge in [-0.3, -0.25) is 4.79 Å². The SMILES string of the molecule is COc1ccc(CCC(=O)N(C)C[C@H]2COc3ccccc3O2)cc1Br. The van der Waals surface area contributed by atoms with Gasteiger partial charge in [0, 0.05) is 13.5 Å². The number of hydrogen-bond donors (Lipinski definition) is 0. The Kier molecular flexibility index (Phi) is 6.04. The molecular weight excluding hydrogens is 398 g/mol. The van der Waals surface area contributed by atoms with Crippen molar-refractivity contribution in [2.75, 3.05) is 27.3 Å². The fraction of sp³-hybridized carbons (Fsp3) is 0.350.